The normalized spacial score (nSPS) is 52.0. The molecule has 1 unspecified atom stereocenters. The topological polar surface area (TPSA) is 0 Å². The molecule has 1 fully saturated rings. The minimum Gasteiger partial charge on any atom is -0.0622 e. The van der Waals surface area contributed by atoms with Gasteiger partial charge in [-0.15, -0.1) is 0 Å². The fraction of sp³-hybridized carbons (Fsp3) is 1.00. The highest BCUT2D eigenvalue weighted by Crippen LogP contribution is 2.40. The van der Waals surface area contributed by atoms with Gasteiger partial charge >= 0.3 is 0 Å². The van der Waals surface area contributed by atoms with E-state index in [0.29, 0.717) is 0 Å². The predicted molar refractivity (Wildman–Crippen MR) is 41.3 cm³/mol. The molecule has 0 saturated heterocycles. The van der Waals surface area contributed by atoms with Crippen LogP contribution >= 0.6 is 0 Å². The first-order valence-electron chi connectivity index (χ1n) is 4.13. The first-order valence-corrected chi connectivity index (χ1v) is 4.13. The lowest BCUT2D eigenvalue weighted by Gasteiger charge is -2.14. The Balaban J connectivity index is 2.54. The third-order valence-corrected chi connectivity index (χ3v) is 3.37. The molecule has 0 amide bonds. The molecule has 0 bridgehead atoms. The molecule has 4 atom stereocenters. The van der Waals surface area contributed by atoms with E-state index in [1.807, 2.05) is 0 Å². The largest absolute Gasteiger partial charge is 0.0622 e. The Kier molecular flexibility index (Phi) is 1.83. The van der Waals surface area contributed by atoms with E-state index >= 15 is 0 Å². The van der Waals surface area contributed by atoms with Crippen LogP contribution in [0, 0.1) is 23.7 Å². The second-order valence-corrected chi connectivity index (χ2v) is 3.91. The molecule has 1 aliphatic carbocycles. The summed E-state index contributed by atoms with van der Waals surface area (Å²) in [7, 11) is 0. The van der Waals surface area contributed by atoms with Gasteiger partial charge in [0.2, 0.25) is 0 Å². The molecular weight excluding hydrogens is 108 g/mol. The zero-order valence-corrected chi connectivity index (χ0v) is 7.02. The number of hydrogen-bond donors (Lipinski definition) is 0. The summed E-state index contributed by atoms with van der Waals surface area (Å²) in [5.74, 6) is 3.85. The van der Waals surface area contributed by atoms with Gasteiger partial charge in [0.15, 0.2) is 0 Å². The van der Waals surface area contributed by atoms with Crippen LogP contribution in [-0.4, -0.2) is 0 Å². The van der Waals surface area contributed by atoms with Gasteiger partial charge < -0.3 is 0 Å². The van der Waals surface area contributed by atoms with Crippen molar-refractivity contribution >= 4 is 0 Å². The Hall–Kier alpha value is 0. The second kappa shape index (κ2) is 2.32. The maximum Gasteiger partial charge on any atom is -0.0389 e. The van der Waals surface area contributed by atoms with Gasteiger partial charge in [-0.1, -0.05) is 27.7 Å². The molecule has 1 saturated carbocycles. The molecule has 0 nitrogen and oxygen atoms in total. The summed E-state index contributed by atoms with van der Waals surface area (Å²) in [6.07, 6.45) is 1.45. The van der Waals surface area contributed by atoms with Crippen LogP contribution in [0.15, 0.2) is 0 Å². The molecule has 1 aliphatic rings. The fourth-order valence-electron chi connectivity index (χ4n) is 2.05. The summed E-state index contributed by atoms with van der Waals surface area (Å²) >= 11 is 0. The van der Waals surface area contributed by atoms with E-state index in [-0.39, 0.29) is 0 Å². The highest BCUT2D eigenvalue weighted by atomic mass is 14.4. The first-order chi connectivity index (χ1) is 4.13. The lowest BCUT2D eigenvalue weighted by Crippen LogP contribution is -2.07. The summed E-state index contributed by atoms with van der Waals surface area (Å²) in [6, 6.07) is 0. The molecule has 0 heterocycles. The minimum absolute atomic E-state index is 0.958. The van der Waals surface area contributed by atoms with Crippen molar-refractivity contribution < 1.29 is 0 Å². The highest BCUT2D eigenvalue weighted by Gasteiger charge is 2.31. The van der Waals surface area contributed by atoms with E-state index in [0.717, 1.165) is 23.7 Å². The molecule has 1 rings (SSSR count). The van der Waals surface area contributed by atoms with Crippen molar-refractivity contribution in [3.63, 3.8) is 0 Å². The predicted octanol–water partition coefficient (Wildman–Crippen LogP) is 2.93. The number of rotatable bonds is 0. The summed E-state index contributed by atoms with van der Waals surface area (Å²) in [5, 5.41) is 0. The van der Waals surface area contributed by atoms with Gasteiger partial charge in [-0.2, -0.15) is 0 Å². The summed E-state index contributed by atoms with van der Waals surface area (Å²) in [4.78, 5) is 0. The Morgan fingerprint density at radius 1 is 0.778 bits per heavy atom. The van der Waals surface area contributed by atoms with E-state index in [9.17, 15) is 0 Å². The van der Waals surface area contributed by atoms with E-state index in [4.69, 9.17) is 0 Å². The van der Waals surface area contributed by atoms with Crippen LogP contribution in [-0.2, 0) is 0 Å². The zero-order valence-electron chi connectivity index (χ0n) is 7.02. The summed E-state index contributed by atoms with van der Waals surface area (Å²) in [6.45, 7) is 9.53. The molecule has 0 aromatic heterocycles. The van der Waals surface area contributed by atoms with Crippen LogP contribution in [0.1, 0.15) is 34.1 Å². The Morgan fingerprint density at radius 2 is 1.11 bits per heavy atom. The van der Waals surface area contributed by atoms with Crippen molar-refractivity contribution in [3.8, 4) is 0 Å². The van der Waals surface area contributed by atoms with Crippen LogP contribution in [0.2, 0.25) is 0 Å². The van der Waals surface area contributed by atoms with E-state index in [1.165, 1.54) is 6.42 Å². The Labute approximate surface area is 58.7 Å². The van der Waals surface area contributed by atoms with Gasteiger partial charge in [0.05, 0.1) is 0 Å². The van der Waals surface area contributed by atoms with Crippen molar-refractivity contribution in [2.45, 2.75) is 34.1 Å². The van der Waals surface area contributed by atoms with Gasteiger partial charge in [-0.3, -0.25) is 0 Å². The molecular formula is C9H18. The fourth-order valence-corrected chi connectivity index (χ4v) is 2.05. The monoisotopic (exact) mass is 126 g/mol. The maximum absolute atomic E-state index is 2.39. The molecule has 0 N–H and O–H groups in total. The van der Waals surface area contributed by atoms with Crippen molar-refractivity contribution in [1.82, 2.24) is 0 Å². The molecule has 0 aromatic carbocycles. The van der Waals surface area contributed by atoms with E-state index < -0.39 is 0 Å². The minimum atomic E-state index is 0.958. The van der Waals surface area contributed by atoms with Crippen LogP contribution in [0.25, 0.3) is 0 Å². The molecule has 0 radical (unpaired) electrons. The van der Waals surface area contributed by atoms with Crippen molar-refractivity contribution in [2.24, 2.45) is 23.7 Å². The first kappa shape index (κ1) is 7.11. The van der Waals surface area contributed by atoms with Gasteiger partial charge in [0, 0.05) is 0 Å². The van der Waals surface area contributed by atoms with Crippen LogP contribution in [0.4, 0.5) is 0 Å². The Morgan fingerprint density at radius 3 is 1.22 bits per heavy atom. The SMILES string of the molecule is CC1C[C@H](C)[C@H](C)[C@@H]1C. The Bertz CT molecular complexity index is 84.2. The lowest BCUT2D eigenvalue weighted by atomic mass is 9.92. The molecule has 0 spiro atoms. The number of hydrogen-bond acceptors (Lipinski definition) is 0. The van der Waals surface area contributed by atoms with Gasteiger partial charge in [-0.25, -0.2) is 0 Å². The quantitative estimate of drug-likeness (QED) is 0.468. The van der Waals surface area contributed by atoms with Gasteiger partial charge in [0.1, 0.15) is 0 Å². The standard InChI is InChI=1S/C9H18/c1-6-5-7(2)9(4)8(6)3/h6-9H,5H2,1-4H3/t6-,7?,8-,9+/m0/s1. The third-order valence-electron chi connectivity index (χ3n) is 3.37. The van der Waals surface area contributed by atoms with Gasteiger partial charge in [-0.05, 0) is 30.1 Å². The van der Waals surface area contributed by atoms with Crippen molar-refractivity contribution in [2.75, 3.05) is 0 Å². The molecule has 0 aromatic rings. The maximum atomic E-state index is 2.39. The van der Waals surface area contributed by atoms with Crippen LogP contribution < -0.4 is 0 Å². The lowest BCUT2D eigenvalue weighted by molar-refractivity contribution is 0.352. The van der Waals surface area contributed by atoms with E-state index in [2.05, 4.69) is 27.7 Å². The second-order valence-electron chi connectivity index (χ2n) is 3.91. The molecule has 54 valence electrons. The zero-order chi connectivity index (χ0) is 7.02. The third kappa shape index (κ3) is 1.12. The smallest absolute Gasteiger partial charge is 0.0389 e. The average molecular weight is 126 g/mol. The molecule has 0 aliphatic heterocycles. The summed E-state index contributed by atoms with van der Waals surface area (Å²) in [5.41, 5.74) is 0. The van der Waals surface area contributed by atoms with Gasteiger partial charge in [0.25, 0.3) is 0 Å². The molecule has 0 heteroatoms. The van der Waals surface area contributed by atoms with Crippen molar-refractivity contribution in [3.05, 3.63) is 0 Å². The van der Waals surface area contributed by atoms with E-state index in [1.54, 1.807) is 0 Å². The van der Waals surface area contributed by atoms with Crippen molar-refractivity contribution in [1.29, 1.82) is 0 Å². The van der Waals surface area contributed by atoms with Crippen LogP contribution in [0.3, 0.4) is 0 Å². The molecule has 9 heavy (non-hydrogen) atoms. The summed E-state index contributed by atoms with van der Waals surface area (Å²) < 4.78 is 0. The average Bonchev–Trinajstić information content (AvgIpc) is 1.98. The van der Waals surface area contributed by atoms with Crippen LogP contribution in [0.5, 0.6) is 0 Å². The highest BCUT2D eigenvalue weighted by molar-refractivity contribution is 4.81.